The highest BCUT2D eigenvalue weighted by Crippen LogP contribution is 2.28. The molecule has 4 aromatic carbocycles. The molecule has 4 rings (SSSR count). The van der Waals surface area contributed by atoms with E-state index in [0.717, 1.165) is 11.1 Å². The fourth-order valence-electron chi connectivity index (χ4n) is 3.86. The van der Waals surface area contributed by atoms with E-state index in [1.165, 1.54) is 18.2 Å². The Morgan fingerprint density at radius 2 is 1.23 bits per heavy atom. The second-order valence-electron chi connectivity index (χ2n) is 8.46. The molecule has 0 atom stereocenters. The molecule has 0 heterocycles. The monoisotopic (exact) mass is 564 g/mol. The predicted octanol–water partition coefficient (Wildman–Crippen LogP) is 6.78. The first-order valence-corrected chi connectivity index (χ1v) is 12.4. The second-order valence-corrected chi connectivity index (χ2v) is 9.28. The molecule has 0 aromatic heterocycles. The highest BCUT2D eigenvalue weighted by Gasteiger charge is 2.17. The Labute approximate surface area is 233 Å². The average molecular weight is 565 g/mol. The Balaban J connectivity index is 1.38. The molecule has 0 bridgehead atoms. The molecule has 0 aliphatic carbocycles. The van der Waals surface area contributed by atoms with Gasteiger partial charge in [-0.05, 0) is 65.6 Å². The Hall–Kier alpha value is -4.37. The molecule has 4 N–H and O–H groups in total. The van der Waals surface area contributed by atoms with Gasteiger partial charge in [0.1, 0.15) is 6.61 Å². The molecule has 0 spiro atoms. The van der Waals surface area contributed by atoms with Crippen molar-refractivity contribution < 1.29 is 29.4 Å². The molecular weight excluding hydrogens is 543 g/mol. The highest BCUT2D eigenvalue weighted by atomic mass is 35.5. The standard InChI is InChI=1S/C29H22Cl2N2O6/c30-23-14-17(9-11-25(23)32-27(34)21-7-3-4-8-22(21)29(37)38)13-18-10-12-26(24(31)15-18)33-39-16-19-5-1-2-6-20(19)28(35)36/h1-12,14-15,33H,13,16H2,(H,32,34)(H,35,36)(H,37,38). The normalized spacial score (nSPS) is 10.6. The summed E-state index contributed by atoms with van der Waals surface area (Å²) in [6, 6.07) is 23.0. The third kappa shape index (κ3) is 6.94. The molecule has 198 valence electrons. The summed E-state index contributed by atoms with van der Waals surface area (Å²) in [4.78, 5) is 40.9. The van der Waals surface area contributed by atoms with Crippen LogP contribution in [0.2, 0.25) is 10.0 Å². The van der Waals surface area contributed by atoms with Gasteiger partial charge in [0.25, 0.3) is 5.91 Å². The molecule has 0 fully saturated rings. The summed E-state index contributed by atoms with van der Waals surface area (Å²) in [6.07, 6.45) is 0.503. The van der Waals surface area contributed by atoms with Crippen molar-refractivity contribution in [3.05, 3.63) is 128 Å². The third-order valence-electron chi connectivity index (χ3n) is 5.78. The van der Waals surface area contributed by atoms with Crippen molar-refractivity contribution in [1.82, 2.24) is 0 Å². The number of benzene rings is 4. The van der Waals surface area contributed by atoms with Crippen molar-refractivity contribution in [3.8, 4) is 0 Å². The van der Waals surface area contributed by atoms with Crippen LogP contribution in [0.5, 0.6) is 0 Å². The van der Waals surface area contributed by atoms with Gasteiger partial charge in [0.15, 0.2) is 0 Å². The van der Waals surface area contributed by atoms with Crippen LogP contribution in [0.3, 0.4) is 0 Å². The number of aromatic carboxylic acids is 2. The summed E-state index contributed by atoms with van der Waals surface area (Å²) in [5.41, 5.74) is 5.99. The van der Waals surface area contributed by atoms with Crippen LogP contribution in [0, 0.1) is 0 Å². The average Bonchev–Trinajstić information content (AvgIpc) is 2.91. The molecule has 8 nitrogen and oxygen atoms in total. The number of rotatable bonds is 10. The molecule has 0 aliphatic rings. The first-order valence-electron chi connectivity index (χ1n) is 11.6. The zero-order valence-electron chi connectivity index (χ0n) is 20.3. The van der Waals surface area contributed by atoms with Crippen LogP contribution >= 0.6 is 23.2 Å². The maximum atomic E-state index is 12.6. The number of anilines is 2. The second kappa shape index (κ2) is 12.4. The zero-order chi connectivity index (χ0) is 27.9. The van der Waals surface area contributed by atoms with E-state index in [0.29, 0.717) is 33.4 Å². The molecular formula is C29H22Cl2N2O6. The van der Waals surface area contributed by atoms with Crippen LogP contribution in [0.15, 0.2) is 84.9 Å². The van der Waals surface area contributed by atoms with E-state index in [2.05, 4.69) is 10.8 Å². The van der Waals surface area contributed by atoms with Crippen LogP contribution in [0.25, 0.3) is 0 Å². The largest absolute Gasteiger partial charge is 0.478 e. The summed E-state index contributed by atoms with van der Waals surface area (Å²) >= 11 is 12.8. The van der Waals surface area contributed by atoms with Crippen molar-refractivity contribution >= 4 is 52.4 Å². The summed E-state index contributed by atoms with van der Waals surface area (Å²) in [5.74, 6) is -2.81. The molecule has 1 amide bonds. The third-order valence-corrected chi connectivity index (χ3v) is 6.41. The first kappa shape index (κ1) is 27.7. The van der Waals surface area contributed by atoms with E-state index in [9.17, 15) is 24.6 Å². The lowest BCUT2D eigenvalue weighted by Crippen LogP contribution is -2.16. The van der Waals surface area contributed by atoms with E-state index in [4.69, 9.17) is 28.0 Å². The van der Waals surface area contributed by atoms with Gasteiger partial charge in [-0.3, -0.25) is 15.1 Å². The Morgan fingerprint density at radius 1 is 0.692 bits per heavy atom. The number of carboxylic acids is 2. The van der Waals surface area contributed by atoms with Gasteiger partial charge in [-0.2, -0.15) is 0 Å². The van der Waals surface area contributed by atoms with Crippen molar-refractivity contribution in [2.45, 2.75) is 13.0 Å². The van der Waals surface area contributed by atoms with Crippen molar-refractivity contribution in [3.63, 3.8) is 0 Å². The van der Waals surface area contributed by atoms with Gasteiger partial charge in [-0.25, -0.2) is 9.59 Å². The maximum absolute atomic E-state index is 12.6. The van der Waals surface area contributed by atoms with E-state index in [1.54, 1.807) is 60.7 Å². The van der Waals surface area contributed by atoms with Gasteiger partial charge in [-0.1, -0.05) is 65.7 Å². The Bertz CT molecular complexity index is 1560. The molecule has 4 aromatic rings. The number of carbonyl (C=O) groups excluding carboxylic acids is 1. The minimum Gasteiger partial charge on any atom is -0.478 e. The number of amides is 1. The van der Waals surface area contributed by atoms with Gasteiger partial charge < -0.3 is 15.5 Å². The van der Waals surface area contributed by atoms with E-state index < -0.39 is 17.8 Å². The Morgan fingerprint density at radius 3 is 1.82 bits per heavy atom. The molecule has 0 saturated heterocycles. The van der Waals surface area contributed by atoms with Gasteiger partial charge in [0.05, 0.1) is 38.1 Å². The number of hydrogen-bond donors (Lipinski definition) is 4. The fourth-order valence-corrected chi connectivity index (χ4v) is 4.35. The van der Waals surface area contributed by atoms with Gasteiger partial charge in [0, 0.05) is 0 Å². The minimum absolute atomic E-state index is 0.0311. The minimum atomic E-state index is -1.20. The molecule has 0 aliphatic heterocycles. The van der Waals surface area contributed by atoms with E-state index in [-0.39, 0.29) is 23.3 Å². The molecule has 0 saturated carbocycles. The molecule has 0 radical (unpaired) electrons. The Kier molecular flexibility index (Phi) is 8.83. The SMILES string of the molecule is O=C(O)c1ccccc1CONc1ccc(Cc2ccc(NC(=O)c3ccccc3C(=O)O)c(Cl)c2)cc1Cl. The molecule has 39 heavy (non-hydrogen) atoms. The lowest BCUT2D eigenvalue weighted by Gasteiger charge is -2.12. The maximum Gasteiger partial charge on any atom is 0.336 e. The van der Waals surface area contributed by atoms with Gasteiger partial charge in [-0.15, -0.1) is 0 Å². The summed E-state index contributed by atoms with van der Waals surface area (Å²) in [7, 11) is 0. The van der Waals surface area contributed by atoms with Crippen LogP contribution in [0.4, 0.5) is 11.4 Å². The highest BCUT2D eigenvalue weighted by molar-refractivity contribution is 6.34. The van der Waals surface area contributed by atoms with Crippen molar-refractivity contribution in [2.24, 2.45) is 0 Å². The van der Waals surface area contributed by atoms with Gasteiger partial charge >= 0.3 is 11.9 Å². The summed E-state index contributed by atoms with van der Waals surface area (Å²) < 4.78 is 0. The topological polar surface area (TPSA) is 125 Å². The number of carbonyl (C=O) groups is 3. The smallest absolute Gasteiger partial charge is 0.336 e. The number of nitrogens with one attached hydrogen (secondary N) is 2. The van der Waals surface area contributed by atoms with Crippen LogP contribution < -0.4 is 10.8 Å². The summed E-state index contributed by atoms with van der Waals surface area (Å²) in [6.45, 7) is 0.0316. The summed E-state index contributed by atoms with van der Waals surface area (Å²) in [5, 5.41) is 22.0. The fraction of sp³-hybridized carbons (Fsp3) is 0.0690. The number of hydrogen-bond acceptors (Lipinski definition) is 5. The van der Waals surface area contributed by atoms with Crippen LogP contribution in [-0.4, -0.2) is 28.1 Å². The van der Waals surface area contributed by atoms with E-state index in [1.807, 2.05) is 6.07 Å². The van der Waals surface area contributed by atoms with Crippen LogP contribution in [-0.2, 0) is 17.9 Å². The van der Waals surface area contributed by atoms with Crippen molar-refractivity contribution in [1.29, 1.82) is 0 Å². The van der Waals surface area contributed by atoms with Gasteiger partial charge in [0.2, 0.25) is 0 Å². The zero-order valence-corrected chi connectivity index (χ0v) is 21.8. The molecule has 10 heteroatoms. The van der Waals surface area contributed by atoms with Crippen LogP contribution in [0.1, 0.15) is 47.8 Å². The van der Waals surface area contributed by atoms with Crippen molar-refractivity contribution in [2.75, 3.05) is 10.8 Å². The number of halogens is 2. The van der Waals surface area contributed by atoms with E-state index >= 15 is 0 Å². The quantitative estimate of drug-likeness (QED) is 0.156. The number of carboxylic acid groups (broad SMARTS) is 2. The predicted molar refractivity (Wildman–Crippen MR) is 149 cm³/mol. The lowest BCUT2D eigenvalue weighted by atomic mass is 10.0. The first-order chi connectivity index (χ1) is 18.7. The lowest BCUT2D eigenvalue weighted by molar-refractivity contribution is 0.0682. The molecule has 0 unspecified atom stereocenters.